The SMILES string of the molecule is CCCCCCCC(CC)C1CC2CC(C(C)C(C)C(C)CP)C21. The first kappa shape index (κ1) is 20.7. The van der Waals surface area contributed by atoms with Gasteiger partial charge in [0.25, 0.3) is 0 Å². The van der Waals surface area contributed by atoms with Crippen molar-refractivity contribution < 1.29 is 0 Å². The predicted octanol–water partition coefficient (Wildman–Crippen LogP) is 7.43. The van der Waals surface area contributed by atoms with E-state index in [1.807, 2.05) is 0 Å². The average molecular weight is 353 g/mol. The highest BCUT2D eigenvalue weighted by molar-refractivity contribution is 7.16. The minimum absolute atomic E-state index is 0.864. The van der Waals surface area contributed by atoms with Crippen LogP contribution in [0.3, 0.4) is 0 Å². The van der Waals surface area contributed by atoms with Crippen LogP contribution < -0.4 is 0 Å². The lowest BCUT2D eigenvalue weighted by Crippen LogP contribution is -2.56. The van der Waals surface area contributed by atoms with E-state index in [0.29, 0.717) is 0 Å². The van der Waals surface area contributed by atoms with Crippen LogP contribution in [0.15, 0.2) is 0 Å². The lowest BCUT2D eigenvalue weighted by molar-refractivity contribution is -0.144. The van der Waals surface area contributed by atoms with Crippen molar-refractivity contribution >= 4 is 9.24 Å². The van der Waals surface area contributed by atoms with Crippen molar-refractivity contribution in [2.45, 2.75) is 92.4 Å². The molecule has 0 radical (unpaired) electrons. The highest BCUT2D eigenvalue weighted by Gasteiger charge is 2.56. The van der Waals surface area contributed by atoms with Crippen LogP contribution >= 0.6 is 9.24 Å². The topological polar surface area (TPSA) is 0 Å². The van der Waals surface area contributed by atoms with E-state index in [9.17, 15) is 0 Å². The number of fused-ring (bicyclic) bond motifs is 1. The van der Waals surface area contributed by atoms with Crippen LogP contribution in [0.25, 0.3) is 0 Å². The maximum atomic E-state index is 2.96. The van der Waals surface area contributed by atoms with Crippen molar-refractivity contribution in [2.75, 3.05) is 6.16 Å². The first-order valence-electron chi connectivity index (χ1n) is 11.2. The van der Waals surface area contributed by atoms with Gasteiger partial charge in [-0.1, -0.05) is 79.6 Å². The zero-order valence-electron chi connectivity index (χ0n) is 17.3. The molecule has 0 aromatic carbocycles. The molecular formula is C23H45P. The molecule has 0 spiro atoms. The zero-order valence-corrected chi connectivity index (χ0v) is 18.4. The van der Waals surface area contributed by atoms with Crippen LogP contribution in [0.2, 0.25) is 0 Å². The molecule has 2 saturated carbocycles. The van der Waals surface area contributed by atoms with Crippen molar-refractivity contribution in [3.05, 3.63) is 0 Å². The van der Waals surface area contributed by atoms with Gasteiger partial charge in [0.1, 0.15) is 0 Å². The number of rotatable bonds is 12. The van der Waals surface area contributed by atoms with Crippen LogP contribution in [-0.2, 0) is 0 Å². The molecule has 24 heavy (non-hydrogen) atoms. The van der Waals surface area contributed by atoms with Crippen LogP contribution in [0.5, 0.6) is 0 Å². The summed E-state index contributed by atoms with van der Waals surface area (Å²) in [7, 11) is 2.96. The molecule has 0 saturated heterocycles. The monoisotopic (exact) mass is 352 g/mol. The Morgan fingerprint density at radius 3 is 2.17 bits per heavy atom. The van der Waals surface area contributed by atoms with E-state index in [1.165, 1.54) is 51.1 Å². The van der Waals surface area contributed by atoms with Gasteiger partial charge in [-0.05, 0) is 66.3 Å². The lowest BCUT2D eigenvalue weighted by Gasteiger charge is -2.63. The Morgan fingerprint density at radius 2 is 1.58 bits per heavy atom. The molecule has 1 heteroatoms. The number of hydrogen-bond donors (Lipinski definition) is 0. The van der Waals surface area contributed by atoms with Gasteiger partial charge in [-0.2, -0.15) is 0 Å². The standard InChI is InChI=1S/C23H45P/c1-6-8-9-10-11-12-19(7-2)22-14-20-13-21(23(20)22)18(5)17(4)16(3)15-24/h16-23H,6-15,24H2,1-5H3. The molecule has 9 unspecified atom stereocenters. The van der Waals surface area contributed by atoms with Gasteiger partial charge in [0, 0.05) is 0 Å². The fourth-order valence-electron chi connectivity index (χ4n) is 5.97. The second kappa shape index (κ2) is 9.94. The van der Waals surface area contributed by atoms with E-state index in [1.54, 1.807) is 12.8 Å². The molecule has 9 atom stereocenters. The van der Waals surface area contributed by atoms with Crippen LogP contribution in [0, 0.1) is 47.3 Å². The summed E-state index contributed by atoms with van der Waals surface area (Å²) >= 11 is 0. The van der Waals surface area contributed by atoms with E-state index < -0.39 is 0 Å². The minimum Gasteiger partial charge on any atom is -0.137 e. The summed E-state index contributed by atoms with van der Waals surface area (Å²) in [6, 6.07) is 0. The van der Waals surface area contributed by atoms with Crippen molar-refractivity contribution in [3.63, 3.8) is 0 Å². The van der Waals surface area contributed by atoms with E-state index in [4.69, 9.17) is 0 Å². The first-order chi connectivity index (χ1) is 11.5. The Labute approximate surface area is 155 Å². The maximum absolute atomic E-state index is 2.96. The average Bonchev–Trinajstić information content (AvgIpc) is 2.58. The van der Waals surface area contributed by atoms with Crippen molar-refractivity contribution in [2.24, 2.45) is 47.3 Å². The Hall–Kier alpha value is 0.430. The third kappa shape index (κ3) is 4.58. The first-order valence-corrected chi connectivity index (χ1v) is 12.1. The molecule has 2 aliphatic carbocycles. The molecule has 0 N–H and O–H groups in total. The minimum atomic E-state index is 0.864. The number of hydrogen-bond acceptors (Lipinski definition) is 0. The summed E-state index contributed by atoms with van der Waals surface area (Å²) in [6.07, 6.45) is 14.6. The van der Waals surface area contributed by atoms with E-state index >= 15 is 0 Å². The normalized spacial score (nSPS) is 33.8. The van der Waals surface area contributed by atoms with E-state index in [2.05, 4.69) is 43.9 Å². The molecule has 0 bridgehead atoms. The second-order valence-electron chi connectivity index (χ2n) is 9.44. The molecule has 142 valence electrons. The van der Waals surface area contributed by atoms with Gasteiger partial charge in [0.2, 0.25) is 0 Å². The molecule has 0 nitrogen and oxygen atoms in total. The van der Waals surface area contributed by atoms with Crippen molar-refractivity contribution in [1.29, 1.82) is 0 Å². The molecule has 2 rings (SSSR count). The van der Waals surface area contributed by atoms with Crippen molar-refractivity contribution in [3.8, 4) is 0 Å². The third-order valence-corrected chi connectivity index (χ3v) is 9.01. The summed E-state index contributed by atoms with van der Waals surface area (Å²) in [5, 5.41) is 0. The van der Waals surface area contributed by atoms with Crippen LogP contribution in [0.1, 0.15) is 92.4 Å². The quantitative estimate of drug-likeness (QED) is 0.253. The molecule has 0 aromatic heterocycles. The summed E-state index contributed by atoms with van der Waals surface area (Å²) in [5.41, 5.74) is 0. The predicted molar refractivity (Wildman–Crippen MR) is 112 cm³/mol. The Balaban J connectivity index is 1.80. The molecule has 0 aromatic rings. The summed E-state index contributed by atoms with van der Waals surface area (Å²) in [6.45, 7) is 12.3. The van der Waals surface area contributed by atoms with Gasteiger partial charge in [-0.25, -0.2) is 0 Å². The van der Waals surface area contributed by atoms with Gasteiger partial charge in [0.05, 0.1) is 0 Å². The fraction of sp³-hybridized carbons (Fsp3) is 1.00. The molecule has 2 aliphatic rings. The van der Waals surface area contributed by atoms with Crippen LogP contribution in [0.4, 0.5) is 0 Å². The van der Waals surface area contributed by atoms with Gasteiger partial charge in [-0.15, -0.1) is 9.24 Å². The molecule has 0 amide bonds. The Kier molecular flexibility index (Phi) is 8.59. The van der Waals surface area contributed by atoms with Gasteiger partial charge >= 0.3 is 0 Å². The second-order valence-corrected chi connectivity index (χ2v) is 9.91. The fourth-order valence-corrected chi connectivity index (χ4v) is 6.40. The maximum Gasteiger partial charge on any atom is -0.0323 e. The number of unbranched alkanes of at least 4 members (excludes halogenated alkanes) is 4. The van der Waals surface area contributed by atoms with E-state index in [0.717, 1.165) is 47.3 Å². The summed E-state index contributed by atoms with van der Waals surface area (Å²) < 4.78 is 0. The highest BCUT2D eigenvalue weighted by Crippen LogP contribution is 2.64. The molecule has 0 heterocycles. The molecule has 0 aliphatic heterocycles. The summed E-state index contributed by atoms with van der Waals surface area (Å²) in [5.74, 6) is 8.11. The van der Waals surface area contributed by atoms with Gasteiger partial charge in [-0.3, -0.25) is 0 Å². The third-order valence-electron chi connectivity index (χ3n) is 8.27. The Morgan fingerprint density at radius 1 is 0.917 bits per heavy atom. The largest absolute Gasteiger partial charge is 0.137 e. The zero-order chi connectivity index (χ0) is 17.7. The van der Waals surface area contributed by atoms with Crippen LogP contribution in [-0.4, -0.2) is 6.16 Å². The van der Waals surface area contributed by atoms with Gasteiger partial charge < -0.3 is 0 Å². The summed E-state index contributed by atoms with van der Waals surface area (Å²) in [4.78, 5) is 0. The van der Waals surface area contributed by atoms with Crippen molar-refractivity contribution in [1.82, 2.24) is 0 Å². The van der Waals surface area contributed by atoms with E-state index in [-0.39, 0.29) is 0 Å². The van der Waals surface area contributed by atoms with Gasteiger partial charge in [0.15, 0.2) is 0 Å². The molecule has 2 fully saturated rings. The Bertz CT molecular complexity index is 352. The highest BCUT2D eigenvalue weighted by atomic mass is 31.0. The smallest absolute Gasteiger partial charge is 0.0323 e. The lowest BCUT2D eigenvalue weighted by atomic mass is 9.42. The molecular weight excluding hydrogens is 307 g/mol.